The predicted molar refractivity (Wildman–Crippen MR) is 108 cm³/mol. The Hall–Kier alpha value is -2.14. The maximum Gasteiger partial charge on any atom is 0.231 e. The fourth-order valence-electron chi connectivity index (χ4n) is 3.68. The molecule has 27 heavy (non-hydrogen) atoms. The van der Waals surface area contributed by atoms with Crippen molar-refractivity contribution in [1.82, 2.24) is 4.90 Å². The van der Waals surface area contributed by atoms with Crippen LogP contribution in [0.3, 0.4) is 0 Å². The van der Waals surface area contributed by atoms with Crippen LogP contribution >= 0.6 is 11.8 Å². The average molecular weight is 384 g/mol. The number of nitrogens with zero attached hydrogens (tertiary/aromatic N) is 1. The van der Waals surface area contributed by atoms with Crippen molar-refractivity contribution < 1.29 is 14.3 Å². The summed E-state index contributed by atoms with van der Waals surface area (Å²) in [7, 11) is 0. The van der Waals surface area contributed by atoms with Gasteiger partial charge in [-0.1, -0.05) is 35.9 Å². The fourth-order valence-corrected chi connectivity index (χ4v) is 4.90. The molecule has 1 saturated heterocycles. The number of carbonyl (C=O) groups excluding carboxylic acids is 1. The lowest BCUT2D eigenvalue weighted by Gasteiger charge is -2.20. The van der Waals surface area contributed by atoms with E-state index in [2.05, 4.69) is 43.3 Å². The summed E-state index contributed by atoms with van der Waals surface area (Å²) in [4.78, 5) is 14.7. The molecule has 2 aliphatic rings. The van der Waals surface area contributed by atoms with Crippen molar-refractivity contribution in [2.45, 2.75) is 31.4 Å². The van der Waals surface area contributed by atoms with E-state index in [1.54, 1.807) is 0 Å². The molecule has 1 fully saturated rings. The van der Waals surface area contributed by atoms with Crippen molar-refractivity contribution >= 4 is 17.7 Å². The van der Waals surface area contributed by atoms with Crippen LogP contribution < -0.4 is 9.47 Å². The molecule has 142 valence electrons. The lowest BCUT2D eigenvalue weighted by molar-refractivity contribution is -0.130. The molecule has 0 spiro atoms. The summed E-state index contributed by atoms with van der Waals surface area (Å²) < 4.78 is 10.9. The van der Waals surface area contributed by atoms with Gasteiger partial charge in [-0.15, -0.1) is 0 Å². The Morgan fingerprint density at radius 2 is 2.04 bits per heavy atom. The van der Waals surface area contributed by atoms with Crippen LogP contribution in [0.2, 0.25) is 0 Å². The first-order valence-electron chi connectivity index (χ1n) is 9.53. The fraction of sp³-hybridized carbons (Fsp3) is 0.409. The van der Waals surface area contributed by atoms with E-state index in [0.29, 0.717) is 18.5 Å². The van der Waals surface area contributed by atoms with Crippen molar-refractivity contribution in [2.75, 3.05) is 25.6 Å². The van der Waals surface area contributed by atoms with Crippen LogP contribution in [0, 0.1) is 6.92 Å². The highest BCUT2D eigenvalue weighted by Gasteiger charge is 2.23. The van der Waals surface area contributed by atoms with Crippen LogP contribution in [0.4, 0.5) is 0 Å². The molecule has 2 heterocycles. The first kappa shape index (κ1) is 18.2. The van der Waals surface area contributed by atoms with Crippen LogP contribution in [0.15, 0.2) is 42.5 Å². The summed E-state index contributed by atoms with van der Waals surface area (Å²) in [5, 5.41) is 0.397. The normalized spacial score (nSPS) is 19.0. The second-order valence-corrected chi connectivity index (χ2v) is 8.44. The first-order valence-corrected chi connectivity index (χ1v) is 10.6. The van der Waals surface area contributed by atoms with Crippen LogP contribution in [0.1, 0.15) is 34.8 Å². The average Bonchev–Trinajstić information content (AvgIpc) is 3.01. The molecule has 2 aliphatic heterocycles. The Morgan fingerprint density at radius 3 is 2.93 bits per heavy atom. The Kier molecular flexibility index (Phi) is 5.58. The SMILES string of the molecule is Cc1cccc(CCC(=O)N2CCSC(c3ccc4c(c3)OCO4)CC2)c1. The molecule has 5 heteroatoms. The quantitative estimate of drug-likeness (QED) is 0.786. The molecule has 1 amide bonds. The number of hydrogen-bond donors (Lipinski definition) is 0. The molecular weight excluding hydrogens is 358 g/mol. The Labute approximate surface area is 164 Å². The number of aryl methyl sites for hydroxylation is 2. The minimum absolute atomic E-state index is 0.267. The zero-order valence-corrected chi connectivity index (χ0v) is 16.5. The molecule has 4 nitrogen and oxygen atoms in total. The standard InChI is InChI=1S/C22H25NO3S/c1-16-3-2-4-17(13-16)5-8-22(24)23-10-9-21(27-12-11-23)18-6-7-19-20(14-18)26-15-25-19/h2-4,6-7,13-14,21H,5,8-12,15H2,1H3. The van der Waals surface area contributed by atoms with E-state index in [0.717, 1.165) is 43.2 Å². The van der Waals surface area contributed by atoms with Gasteiger partial charge in [0.25, 0.3) is 0 Å². The topological polar surface area (TPSA) is 38.8 Å². The number of thioether (sulfide) groups is 1. The van der Waals surface area contributed by atoms with Gasteiger partial charge in [0.2, 0.25) is 12.7 Å². The molecule has 0 aliphatic carbocycles. The van der Waals surface area contributed by atoms with Gasteiger partial charge in [0.1, 0.15) is 0 Å². The number of carbonyl (C=O) groups is 1. The second-order valence-electron chi connectivity index (χ2n) is 7.13. The third-order valence-electron chi connectivity index (χ3n) is 5.17. The van der Waals surface area contributed by atoms with Crippen LogP contribution in [0.5, 0.6) is 11.5 Å². The second kappa shape index (κ2) is 8.26. The van der Waals surface area contributed by atoms with E-state index in [1.165, 1.54) is 16.7 Å². The van der Waals surface area contributed by atoms with E-state index in [1.807, 2.05) is 22.7 Å². The van der Waals surface area contributed by atoms with E-state index >= 15 is 0 Å². The van der Waals surface area contributed by atoms with Gasteiger partial charge in [-0.2, -0.15) is 11.8 Å². The molecule has 0 radical (unpaired) electrons. The van der Waals surface area contributed by atoms with Crippen LogP contribution in [-0.4, -0.2) is 36.4 Å². The highest BCUT2D eigenvalue weighted by atomic mass is 32.2. The summed E-state index contributed by atoms with van der Waals surface area (Å²) in [6.07, 6.45) is 2.37. The van der Waals surface area contributed by atoms with Gasteiger partial charge in [-0.3, -0.25) is 4.79 Å². The minimum Gasteiger partial charge on any atom is -0.454 e. The lowest BCUT2D eigenvalue weighted by Crippen LogP contribution is -2.33. The smallest absolute Gasteiger partial charge is 0.231 e. The highest BCUT2D eigenvalue weighted by molar-refractivity contribution is 7.99. The van der Waals surface area contributed by atoms with Gasteiger partial charge >= 0.3 is 0 Å². The lowest BCUT2D eigenvalue weighted by atomic mass is 10.1. The Bertz CT molecular complexity index is 823. The number of hydrogen-bond acceptors (Lipinski definition) is 4. The van der Waals surface area contributed by atoms with Crippen molar-refractivity contribution in [2.24, 2.45) is 0 Å². The summed E-state index contributed by atoms with van der Waals surface area (Å²) in [5.74, 6) is 2.90. The summed E-state index contributed by atoms with van der Waals surface area (Å²) in [6, 6.07) is 14.6. The summed E-state index contributed by atoms with van der Waals surface area (Å²) in [6.45, 7) is 4.05. The molecule has 2 aromatic rings. The molecule has 0 bridgehead atoms. The van der Waals surface area contributed by atoms with Crippen molar-refractivity contribution in [3.05, 3.63) is 59.2 Å². The first-order chi connectivity index (χ1) is 13.2. The third-order valence-corrected chi connectivity index (χ3v) is 6.50. The summed E-state index contributed by atoms with van der Waals surface area (Å²) in [5.41, 5.74) is 3.75. The molecule has 0 saturated carbocycles. The van der Waals surface area contributed by atoms with Crippen molar-refractivity contribution in [3.8, 4) is 11.5 Å². The molecule has 1 atom stereocenters. The highest BCUT2D eigenvalue weighted by Crippen LogP contribution is 2.40. The zero-order chi connectivity index (χ0) is 18.6. The number of amides is 1. The maximum absolute atomic E-state index is 12.7. The molecular formula is C22H25NO3S. The van der Waals surface area contributed by atoms with E-state index in [-0.39, 0.29) is 5.91 Å². The van der Waals surface area contributed by atoms with E-state index in [4.69, 9.17) is 9.47 Å². The van der Waals surface area contributed by atoms with Gasteiger partial charge < -0.3 is 14.4 Å². The molecule has 0 aromatic heterocycles. The molecule has 0 N–H and O–H groups in total. The van der Waals surface area contributed by atoms with Crippen molar-refractivity contribution in [3.63, 3.8) is 0 Å². The van der Waals surface area contributed by atoms with Gasteiger partial charge in [0, 0.05) is 30.5 Å². The molecule has 1 unspecified atom stereocenters. The predicted octanol–water partition coefficient (Wildman–Crippen LogP) is 4.36. The van der Waals surface area contributed by atoms with Gasteiger partial charge in [0.15, 0.2) is 11.5 Å². The number of fused-ring (bicyclic) bond motifs is 1. The maximum atomic E-state index is 12.7. The third kappa shape index (κ3) is 4.41. The Balaban J connectivity index is 1.33. The minimum atomic E-state index is 0.267. The number of rotatable bonds is 4. The van der Waals surface area contributed by atoms with Gasteiger partial charge in [0.05, 0.1) is 0 Å². The monoisotopic (exact) mass is 383 g/mol. The summed E-state index contributed by atoms with van der Waals surface area (Å²) >= 11 is 1.93. The molecule has 4 rings (SSSR count). The van der Waals surface area contributed by atoms with E-state index in [9.17, 15) is 4.79 Å². The molecule has 2 aromatic carbocycles. The zero-order valence-electron chi connectivity index (χ0n) is 15.6. The van der Waals surface area contributed by atoms with Crippen LogP contribution in [0.25, 0.3) is 0 Å². The Morgan fingerprint density at radius 1 is 1.15 bits per heavy atom. The largest absolute Gasteiger partial charge is 0.454 e. The van der Waals surface area contributed by atoms with Gasteiger partial charge in [-0.25, -0.2) is 0 Å². The number of benzene rings is 2. The van der Waals surface area contributed by atoms with Crippen LogP contribution in [-0.2, 0) is 11.2 Å². The van der Waals surface area contributed by atoms with Gasteiger partial charge in [-0.05, 0) is 43.0 Å². The van der Waals surface area contributed by atoms with Crippen molar-refractivity contribution in [1.29, 1.82) is 0 Å². The van der Waals surface area contributed by atoms with E-state index < -0.39 is 0 Å². The number of ether oxygens (including phenoxy) is 2.